The Balaban J connectivity index is 2.68. The first-order chi connectivity index (χ1) is 6.56. The van der Waals surface area contributed by atoms with Crippen LogP contribution in [0.2, 0.25) is 0 Å². The molecule has 0 N–H and O–H groups in total. The van der Waals surface area contributed by atoms with Crippen LogP contribution < -0.4 is 0 Å². The van der Waals surface area contributed by atoms with Crippen LogP contribution in [0.1, 0.15) is 53.4 Å². The molecule has 0 amide bonds. The fraction of sp³-hybridized carbons (Fsp3) is 0.923. The monoisotopic (exact) mass is 196 g/mol. The maximum absolute atomic E-state index is 11.8. The third-order valence-electron chi connectivity index (χ3n) is 3.78. The third kappa shape index (κ3) is 2.59. The Bertz CT molecular complexity index is 195. The van der Waals surface area contributed by atoms with Crippen molar-refractivity contribution >= 4 is 5.78 Å². The van der Waals surface area contributed by atoms with Gasteiger partial charge in [0.25, 0.3) is 0 Å². The van der Waals surface area contributed by atoms with E-state index in [1.165, 1.54) is 12.8 Å². The lowest BCUT2D eigenvalue weighted by atomic mass is 9.68. The summed E-state index contributed by atoms with van der Waals surface area (Å²) in [4.78, 5) is 11.8. The number of Topliss-reactive ketones (excluding diaryl/α,β-unsaturated/α-hetero) is 1. The Morgan fingerprint density at radius 1 is 1.36 bits per heavy atom. The molecule has 1 nitrogen and oxygen atoms in total. The predicted molar refractivity (Wildman–Crippen MR) is 60.1 cm³/mol. The SMILES string of the molecule is CCC(=O)[C@@H]1C[C@H](C)CC[C@H]1C(C)C. The maximum atomic E-state index is 11.8. The van der Waals surface area contributed by atoms with E-state index in [4.69, 9.17) is 0 Å². The number of carbonyl (C=O) groups is 1. The average Bonchev–Trinajstić information content (AvgIpc) is 2.16. The Morgan fingerprint density at radius 2 is 2.00 bits per heavy atom. The van der Waals surface area contributed by atoms with Crippen molar-refractivity contribution in [3.8, 4) is 0 Å². The molecular weight excluding hydrogens is 172 g/mol. The van der Waals surface area contributed by atoms with E-state index >= 15 is 0 Å². The zero-order valence-corrected chi connectivity index (χ0v) is 10.0. The van der Waals surface area contributed by atoms with Crippen LogP contribution in [0.5, 0.6) is 0 Å². The van der Waals surface area contributed by atoms with Gasteiger partial charge in [-0.3, -0.25) is 4.79 Å². The van der Waals surface area contributed by atoms with Crippen LogP contribution in [-0.2, 0) is 4.79 Å². The fourth-order valence-corrected chi connectivity index (χ4v) is 2.83. The van der Waals surface area contributed by atoms with E-state index in [0.29, 0.717) is 23.5 Å². The van der Waals surface area contributed by atoms with Crippen LogP contribution in [0.4, 0.5) is 0 Å². The summed E-state index contributed by atoms with van der Waals surface area (Å²) >= 11 is 0. The highest BCUT2D eigenvalue weighted by atomic mass is 16.1. The number of rotatable bonds is 3. The van der Waals surface area contributed by atoms with Gasteiger partial charge in [-0.15, -0.1) is 0 Å². The van der Waals surface area contributed by atoms with Gasteiger partial charge in [-0.2, -0.15) is 0 Å². The normalized spacial score (nSPS) is 33.4. The van der Waals surface area contributed by atoms with Gasteiger partial charge in [0.05, 0.1) is 0 Å². The molecule has 0 aromatic heterocycles. The summed E-state index contributed by atoms with van der Waals surface area (Å²) in [5.41, 5.74) is 0. The second-order valence-corrected chi connectivity index (χ2v) is 5.25. The Hall–Kier alpha value is -0.330. The van der Waals surface area contributed by atoms with Crippen LogP contribution >= 0.6 is 0 Å². The Morgan fingerprint density at radius 3 is 2.50 bits per heavy atom. The molecule has 0 saturated heterocycles. The molecule has 0 unspecified atom stereocenters. The Labute approximate surface area is 88.3 Å². The largest absolute Gasteiger partial charge is 0.299 e. The fourth-order valence-electron chi connectivity index (χ4n) is 2.83. The van der Waals surface area contributed by atoms with Gasteiger partial charge in [0.1, 0.15) is 5.78 Å². The average molecular weight is 196 g/mol. The lowest BCUT2D eigenvalue weighted by Gasteiger charge is -2.36. The molecule has 82 valence electrons. The minimum atomic E-state index is 0.365. The quantitative estimate of drug-likeness (QED) is 0.673. The van der Waals surface area contributed by atoms with Crippen molar-refractivity contribution in [2.75, 3.05) is 0 Å². The van der Waals surface area contributed by atoms with Gasteiger partial charge >= 0.3 is 0 Å². The molecule has 1 rings (SSSR count). The van der Waals surface area contributed by atoms with E-state index < -0.39 is 0 Å². The van der Waals surface area contributed by atoms with Crippen molar-refractivity contribution in [3.63, 3.8) is 0 Å². The van der Waals surface area contributed by atoms with E-state index in [1.807, 2.05) is 6.92 Å². The molecule has 1 saturated carbocycles. The van der Waals surface area contributed by atoms with E-state index in [-0.39, 0.29) is 0 Å². The summed E-state index contributed by atoms with van der Waals surface area (Å²) in [7, 11) is 0. The molecule has 0 radical (unpaired) electrons. The lowest BCUT2D eigenvalue weighted by molar-refractivity contribution is -0.126. The van der Waals surface area contributed by atoms with Gasteiger partial charge in [-0.1, -0.05) is 34.1 Å². The standard InChI is InChI=1S/C13H24O/c1-5-13(14)12-8-10(4)6-7-11(12)9(2)3/h9-12H,5-8H2,1-4H3/t10-,11+,12-/m1/s1. The second kappa shape index (κ2) is 4.95. The van der Waals surface area contributed by atoms with Gasteiger partial charge in [0.2, 0.25) is 0 Å². The third-order valence-corrected chi connectivity index (χ3v) is 3.78. The van der Waals surface area contributed by atoms with E-state index in [9.17, 15) is 4.79 Å². The molecule has 0 bridgehead atoms. The summed E-state index contributed by atoms with van der Waals surface area (Å²) in [6, 6.07) is 0. The second-order valence-electron chi connectivity index (χ2n) is 5.25. The number of hydrogen-bond acceptors (Lipinski definition) is 1. The summed E-state index contributed by atoms with van der Waals surface area (Å²) in [5.74, 6) is 2.94. The maximum Gasteiger partial charge on any atom is 0.135 e. The molecule has 0 aromatic carbocycles. The minimum absolute atomic E-state index is 0.365. The highest BCUT2D eigenvalue weighted by molar-refractivity contribution is 5.81. The van der Waals surface area contributed by atoms with Crippen molar-refractivity contribution in [3.05, 3.63) is 0 Å². The molecule has 1 fully saturated rings. The van der Waals surface area contributed by atoms with Gasteiger partial charge in [-0.05, 0) is 30.6 Å². The highest BCUT2D eigenvalue weighted by Crippen LogP contribution is 2.38. The highest BCUT2D eigenvalue weighted by Gasteiger charge is 2.34. The molecule has 0 spiro atoms. The molecule has 0 heterocycles. The molecule has 1 aliphatic rings. The lowest BCUT2D eigenvalue weighted by Crippen LogP contribution is -2.32. The van der Waals surface area contributed by atoms with E-state index in [2.05, 4.69) is 20.8 Å². The zero-order valence-electron chi connectivity index (χ0n) is 10.0. The van der Waals surface area contributed by atoms with Crippen LogP contribution in [0, 0.1) is 23.7 Å². The van der Waals surface area contributed by atoms with Crippen molar-refractivity contribution in [1.82, 2.24) is 0 Å². The predicted octanol–water partition coefficient (Wildman–Crippen LogP) is 3.67. The van der Waals surface area contributed by atoms with Crippen molar-refractivity contribution < 1.29 is 4.79 Å². The number of carbonyl (C=O) groups excluding carboxylic acids is 1. The first-order valence-electron chi connectivity index (χ1n) is 6.09. The zero-order chi connectivity index (χ0) is 10.7. The minimum Gasteiger partial charge on any atom is -0.299 e. The molecule has 1 aliphatic carbocycles. The molecule has 1 heteroatoms. The molecule has 3 atom stereocenters. The summed E-state index contributed by atoms with van der Waals surface area (Å²) in [6.07, 6.45) is 4.43. The summed E-state index contributed by atoms with van der Waals surface area (Å²) in [6.45, 7) is 8.80. The van der Waals surface area contributed by atoms with Crippen LogP contribution in [0.25, 0.3) is 0 Å². The van der Waals surface area contributed by atoms with Crippen LogP contribution in [0.3, 0.4) is 0 Å². The van der Waals surface area contributed by atoms with E-state index in [0.717, 1.165) is 18.8 Å². The van der Waals surface area contributed by atoms with E-state index in [1.54, 1.807) is 0 Å². The van der Waals surface area contributed by atoms with Gasteiger partial charge in [-0.25, -0.2) is 0 Å². The van der Waals surface area contributed by atoms with Crippen molar-refractivity contribution in [2.45, 2.75) is 53.4 Å². The smallest absolute Gasteiger partial charge is 0.135 e. The van der Waals surface area contributed by atoms with Gasteiger partial charge in [0.15, 0.2) is 0 Å². The summed E-state index contributed by atoms with van der Waals surface area (Å²) in [5, 5.41) is 0. The van der Waals surface area contributed by atoms with Gasteiger partial charge < -0.3 is 0 Å². The van der Waals surface area contributed by atoms with Crippen LogP contribution in [-0.4, -0.2) is 5.78 Å². The number of ketones is 1. The van der Waals surface area contributed by atoms with Crippen molar-refractivity contribution in [2.24, 2.45) is 23.7 Å². The number of hydrogen-bond donors (Lipinski definition) is 0. The summed E-state index contributed by atoms with van der Waals surface area (Å²) < 4.78 is 0. The van der Waals surface area contributed by atoms with Crippen LogP contribution in [0.15, 0.2) is 0 Å². The molecular formula is C13H24O. The Kier molecular flexibility index (Phi) is 4.15. The van der Waals surface area contributed by atoms with Gasteiger partial charge in [0, 0.05) is 12.3 Å². The topological polar surface area (TPSA) is 17.1 Å². The molecule has 0 aromatic rings. The molecule has 14 heavy (non-hydrogen) atoms. The van der Waals surface area contributed by atoms with Crippen molar-refractivity contribution in [1.29, 1.82) is 0 Å². The first kappa shape index (κ1) is 11.7. The molecule has 0 aliphatic heterocycles. The first-order valence-corrected chi connectivity index (χ1v) is 6.09.